The Kier molecular flexibility index (Phi) is 6.58. The Labute approximate surface area is 175 Å². The first-order chi connectivity index (χ1) is 14.3. The van der Waals surface area contributed by atoms with Crippen molar-refractivity contribution >= 4 is 28.3 Å². The van der Waals surface area contributed by atoms with E-state index in [4.69, 9.17) is 14.6 Å². The highest BCUT2D eigenvalue weighted by molar-refractivity contribution is 7.14. The van der Waals surface area contributed by atoms with Crippen molar-refractivity contribution in [3.8, 4) is 17.5 Å². The average Bonchev–Trinajstić information content (AvgIpc) is 3.07. The number of rotatable bonds is 8. The molecule has 30 heavy (non-hydrogen) atoms. The van der Waals surface area contributed by atoms with E-state index in [-0.39, 0.29) is 40.7 Å². The molecule has 10 heteroatoms. The van der Waals surface area contributed by atoms with E-state index in [1.165, 1.54) is 30.3 Å². The van der Waals surface area contributed by atoms with Crippen LogP contribution in [0.4, 0.5) is 9.52 Å². The van der Waals surface area contributed by atoms with Crippen LogP contribution in [0.2, 0.25) is 0 Å². The molecule has 2 aromatic heterocycles. The number of carbonyl (C=O) groups is 2. The van der Waals surface area contributed by atoms with Crippen molar-refractivity contribution in [3.63, 3.8) is 0 Å². The number of ether oxygens (including phenoxy) is 2. The van der Waals surface area contributed by atoms with E-state index in [0.29, 0.717) is 5.69 Å². The van der Waals surface area contributed by atoms with Crippen molar-refractivity contribution < 1.29 is 28.6 Å². The highest BCUT2D eigenvalue weighted by atomic mass is 32.1. The minimum absolute atomic E-state index is 0.0506. The molecule has 0 atom stereocenters. The number of benzene rings is 1. The standard InChI is InChI=1S/C20H18FN3O5S/c1-11(2)28-16-6-12(7-17(23-16)29-15-5-3-4-13(21)8-15)19(27)24-20-22-14(10-30-20)9-18(25)26/h3-8,10-11H,9H2,1-2H3,(H,25,26)(H,22,24,27). The molecule has 0 aliphatic carbocycles. The van der Waals surface area contributed by atoms with Gasteiger partial charge in [0.25, 0.3) is 5.91 Å². The molecule has 0 aliphatic rings. The van der Waals surface area contributed by atoms with Gasteiger partial charge in [0, 0.05) is 23.6 Å². The van der Waals surface area contributed by atoms with Gasteiger partial charge in [0.05, 0.1) is 23.8 Å². The molecule has 156 valence electrons. The van der Waals surface area contributed by atoms with Crippen LogP contribution in [-0.2, 0) is 11.2 Å². The van der Waals surface area contributed by atoms with Gasteiger partial charge in [0.1, 0.15) is 11.6 Å². The van der Waals surface area contributed by atoms with Crippen LogP contribution in [0.15, 0.2) is 41.8 Å². The summed E-state index contributed by atoms with van der Waals surface area (Å²) in [6, 6.07) is 8.35. The summed E-state index contributed by atoms with van der Waals surface area (Å²) in [5.41, 5.74) is 0.526. The number of aliphatic carboxylic acids is 1. The summed E-state index contributed by atoms with van der Waals surface area (Å²) >= 11 is 1.11. The molecule has 2 N–H and O–H groups in total. The number of pyridine rings is 1. The fourth-order valence-corrected chi connectivity index (χ4v) is 3.09. The Morgan fingerprint density at radius 1 is 1.20 bits per heavy atom. The van der Waals surface area contributed by atoms with Crippen molar-refractivity contribution in [1.82, 2.24) is 9.97 Å². The van der Waals surface area contributed by atoms with Gasteiger partial charge in [-0.3, -0.25) is 14.9 Å². The van der Waals surface area contributed by atoms with Crippen LogP contribution in [0.25, 0.3) is 0 Å². The summed E-state index contributed by atoms with van der Waals surface area (Å²) in [6.45, 7) is 3.61. The maximum atomic E-state index is 13.4. The third-order valence-electron chi connectivity index (χ3n) is 3.52. The molecule has 3 rings (SSSR count). The molecule has 3 aromatic rings. The molecule has 1 aromatic carbocycles. The minimum Gasteiger partial charge on any atom is -0.481 e. The zero-order chi connectivity index (χ0) is 21.7. The van der Waals surface area contributed by atoms with Crippen LogP contribution in [0, 0.1) is 5.82 Å². The summed E-state index contributed by atoms with van der Waals surface area (Å²) in [4.78, 5) is 31.7. The second kappa shape index (κ2) is 9.31. The van der Waals surface area contributed by atoms with E-state index in [1.54, 1.807) is 25.3 Å². The summed E-state index contributed by atoms with van der Waals surface area (Å²) in [7, 11) is 0. The monoisotopic (exact) mass is 431 g/mol. The molecule has 0 bridgehead atoms. The first-order valence-electron chi connectivity index (χ1n) is 8.88. The molecule has 0 fully saturated rings. The number of amides is 1. The number of aromatic nitrogens is 2. The maximum Gasteiger partial charge on any atom is 0.309 e. The molecular formula is C20H18FN3O5S. The van der Waals surface area contributed by atoms with E-state index in [1.807, 2.05) is 0 Å². The summed E-state index contributed by atoms with van der Waals surface area (Å²) in [5.74, 6) is -1.56. The van der Waals surface area contributed by atoms with Crippen molar-refractivity contribution in [2.45, 2.75) is 26.4 Å². The largest absolute Gasteiger partial charge is 0.481 e. The van der Waals surface area contributed by atoms with E-state index in [0.717, 1.165) is 11.3 Å². The van der Waals surface area contributed by atoms with Gasteiger partial charge >= 0.3 is 5.97 Å². The molecule has 0 radical (unpaired) electrons. The van der Waals surface area contributed by atoms with Crippen molar-refractivity contribution in [2.75, 3.05) is 5.32 Å². The molecule has 0 unspecified atom stereocenters. The summed E-state index contributed by atoms with van der Waals surface area (Å²) in [5, 5.41) is 13.2. The zero-order valence-electron chi connectivity index (χ0n) is 16.1. The predicted octanol–water partition coefficient (Wildman–Crippen LogP) is 4.14. The Bertz CT molecular complexity index is 1070. The highest BCUT2D eigenvalue weighted by Gasteiger charge is 2.15. The van der Waals surface area contributed by atoms with Crippen LogP contribution in [0.5, 0.6) is 17.5 Å². The lowest BCUT2D eigenvalue weighted by molar-refractivity contribution is -0.136. The zero-order valence-corrected chi connectivity index (χ0v) is 16.9. The van der Waals surface area contributed by atoms with Gasteiger partial charge in [-0.15, -0.1) is 11.3 Å². The van der Waals surface area contributed by atoms with E-state index in [2.05, 4.69) is 15.3 Å². The molecule has 0 saturated heterocycles. The molecule has 0 aliphatic heterocycles. The summed E-state index contributed by atoms with van der Waals surface area (Å²) in [6.07, 6.45) is -0.435. The molecule has 1 amide bonds. The number of nitrogens with zero attached hydrogens (tertiary/aromatic N) is 2. The molecule has 0 spiro atoms. The predicted molar refractivity (Wildman–Crippen MR) is 108 cm³/mol. The topological polar surface area (TPSA) is 111 Å². The van der Waals surface area contributed by atoms with Crippen molar-refractivity contribution in [3.05, 3.63) is 58.9 Å². The maximum absolute atomic E-state index is 13.4. The Balaban J connectivity index is 1.83. The average molecular weight is 431 g/mol. The first kappa shape index (κ1) is 21.2. The van der Waals surface area contributed by atoms with E-state index in [9.17, 15) is 14.0 Å². The Morgan fingerprint density at radius 3 is 2.67 bits per heavy atom. The number of carboxylic acids is 1. The normalized spacial score (nSPS) is 10.7. The third-order valence-corrected chi connectivity index (χ3v) is 4.33. The van der Waals surface area contributed by atoms with Crippen LogP contribution in [0.3, 0.4) is 0 Å². The van der Waals surface area contributed by atoms with Gasteiger partial charge < -0.3 is 14.6 Å². The van der Waals surface area contributed by atoms with Crippen LogP contribution >= 0.6 is 11.3 Å². The van der Waals surface area contributed by atoms with Gasteiger partial charge in [-0.05, 0) is 26.0 Å². The van der Waals surface area contributed by atoms with Crippen molar-refractivity contribution in [1.29, 1.82) is 0 Å². The van der Waals surface area contributed by atoms with Gasteiger partial charge in [0.15, 0.2) is 5.13 Å². The van der Waals surface area contributed by atoms with Crippen LogP contribution in [-0.4, -0.2) is 33.1 Å². The third kappa shape index (κ3) is 5.98. The van der Waals surface area contributed by atoms with Crippen LogP contribution < -0.4 is 14.8 Å². The lowest BCUT2D eigenvalue weighted by Gasteiger charge is -2.12. The second-order valence-electron chi connectivity index (χ2n) is 6.43. The Morgan fingerprint density at radius 2 is 1.97 bits per heavy atom. The number of hydrogen-bond donors (Lipinski definition) is 2. The van der Waals surface area contributed by atoms with Gasteiger partial charge in [-0.25, -0.2) is 9.37 Å². The van der Waals surface area contributed by atoms with Gasteiger partial charge in [-0.1, -0.05) is 6.07 Å². The quantitative estimate of drug-likeness (QED) is 0.551. The second-order valence-corrected chi connectivity index (χ2v) is 7.29. The lowest BCUT2D eigenvalue weighted by Crippen LogP contribution is -2.14. The number of carbonyl (C=O) groups excluding carboxylic acids is 1. The van der Waals surface area contributed by atoms with E-state index < -0.39 is 17.7 Å². The summed E-state index contributed by atoms with van der Waals surface area (Å²) < 4.78 is 24.6. The number of thiazole rings is 1. The molecule has 2 heterocycles. The van der Waals surface area contributed by atoms with E-state index >= 15 is 0 Å². The fourth-order valence-electron chi connectivity index (χ4n) is 2.39. The number of anilines is 1. The number of carboxylic acid groups (broad SMARTS) is 1. The van der Waals surface area contributed by atoms with Crippen LogP contribution in [0.1, 0.15) is 29.9 Å². The molecular weight excluding hydrogens is 413 g/mol. The molecule has 0 saturated carbocycles. The highest BCUT2D eigenvalue weighted by Crippen LogP contribution is 2.26. The fraction of sp³-hybridized carbons (Fsp3) is 0.200. The van der Waals surface area contributed by atoms with Gasteiger partial charge in [-0.2, -0.15) is 4.98 Å². The minimum atomic E-state index is -1.01. The first-order valence-corrected chi connectivity index (χ1v) is 9.76. The number of halogens is 1. The van der Waals surface area contributed by atoms with Crippen molar-refractivity contribution in [2.24, 2.45) is 0 Å². The number of nitrogens with one attached hydrogen (secondary N) is 1. The van der Waals surface area contributed by atoms with Gasteiger partial charge in [0.2, 0.25) is 11.8 Å². The smallest absolute Gasteiger partial charge is 0.309 e. The SMILES string of the molecule is CC(C)Oc1cc(C(=O)Nc2nc(CC(=O)O)cs2)cc(Oc2cccc(F)c2)n1. The molecule has 8 nitrogen and oxygen atoms in total. The number of hydrogen-bond acceptors (Lipinski definition) is 7. The Hall–Kier alpha value is -3.53. The lowest BCUT2D eigenvalue weighted by atomic mass is 10.2.